The molecule has 146 valence electrons. The van der Waals surface area contributed by atoms with Gasteiger partial charge in [-0.2, -0.15) is 0 Å². The van der Waals surface area contributed by atoms with E-state index in [1.54, 1.807) is 7.05 Å². The molecule has 1 aliphatic heterocycles. The Hall–Kier alpha value is -1.47. The minimum atomic E-state index is -3.58. The normalized spacial score (nSPS) is 18.3. The van der Waals surface area contributed by atoms with Gasteiger partial charge in [-0.05, 0) is 36.6 Å². The van der Waals surface area contributed by atoms with Crippen molar-refractivity contribution in [2.75, 3.05) is 26.7 Å². The molecule has 0 aliphatic carbocycles. The molecule has 1 unspecified atom stereocenters. The summed E-state index contributed by atoms with van der Waals surface area (Å²) in [6, 6.07) is 14.3. The van der Waals surface area contributed by atoms with Gasteiger partial charge in [0, 0.05) is 37.3 Å². The van der Waals surface area contributed by atoms with Crippen LogP contribution in [0.2, 0.25) is 5.02 Å². The van der Waals surface area contributed by atoms with Crippen LogP contribution >= 0.6 is 11.6 Å². The molecule has 1 aliphatic rings. The standard InChI is InChI=1S/C20H24ClFN2O2S/c1-23(27(25,26)15-18-7-8-19(21)11-20(18)22)12-17-9-10-24(14-17)13-16-5-3-2-4-6-16/h2-8,11,17H,9-10,12-15H2,1H3. The van der Waals surface area contributed by atoms with Crippen molar-refractivity contribution in [3.05, 3.63) is 70.5 Å². The van der Waals surface area contributed by atoms with Crippen LogP contribution in [0, 0.1) is 11.7 Å². The number of sulfonamides is 1. The molecule has 3 rings (SSSR count). The maximum Gasteiger partial charge on any atom is 0.218 e. The van der Waals surface area contributed by atoms with E-state index in [-0.39, 0.29) is 22.3 Å². The van der Waals surface area contributed by atoms with Crippen molar-refractivity contribution in [1.82, 2.24) is 9.21 Å². The molecule has 0 saturated carbocycles. The van der Waals surface area contributed by atoms with Gasteiger partial charge in [-0.1, -0.05) is 48.0 Å². The van der Waals surface area contributed by atoms with E-state index < -0.39 is 15.8 Å². The number of hydrogen-bond acceptors (Lipinski definition) is 3. The maximum atomic E-state index is 13.9. The van der Waals surface area contributed by atoms with E-state index in [1.165, 1.54) is 22.0 Å². The number of likely N-dealkylation sites (tertiary alicyclic amines) is 1. The highest BCUT2D eigenvalue weighted by Gasteiger charge is 2.28. The number of nitrogens with zero attached hydrogens (tertiary/aromatic N) is 2. The van der Waals surface area contributed by atoms with Crippen LogP contribution in [0.25, 0.3) is 0 Å². The fourth-order valence-corrected chi connectivity index (χ4v) is 4.91. The van der Waals surface area contributed by atoms with E-state index in [0.29, 0.717) is 6.54 Å². The molecule has 0 N–H and O–H groups in total. The minimum Gasteiger partial charge on any atom is -0.299 e. The van der Waals surface area contributed by atoms with Crippen LogP contribution in [0.4, 0.5) is 4.39 Å². The Balaban J connectivity index is 1.55. The zero-order chi connectivity index (χ0) is 19.4. The van der Waals surface area contributed by atoms with Crippen molar-refractivity contribution in [2.45, 2.75) is 18.7 Å². The summed E-state index contributed by atoms with van der Waals surface area (Å²) in [5, 5.41) is 0.256. The molecule has 0 radical (unpaired) electrons. The second-order valence-electron chi connectivity index (χ2n) is 7.15. The predicted octanol–water partition coefficient (Wildman–Crippen LogP) is 3.76. The van der Waals surface area contributed by atoms with Gasteiger partial charge in [0.05, 0.1) is 5.75 Å². The summed E-state index contributed by atoms with van der Waals surface area (Å²) in [4.78, 5) is 2.35. The first-order valence-electron chi connectivity index (χ1n) is 8.98. The van der Waals surface area contributed by atoms with E-state index in [1.807, 2.05) is 18.2 Å². The lowest BCUT2D eigenvalue weighted by Crippen LogP contribution is -2.34. The van der Waals surface area contributed by atoms with Crippen molar-refractivity contribution in [3.8, 4) is 0 Å². The third-order valence-corrected chi connectivity index (χ3v) is 6.97. The van der Waals surface area contributed by atoms with Crippen LogP contribution in [0.1, 0.15) is 17.5 Å². The molecular formula is C20H24ClFN2O2S. The fourth-order valence-electron chi connectivity index (χ4n) is 3.47. The average Bonchev–Trinajstić information content (AvgIpc) is 3.05. The molecule has 1 fully saturated rings. The predicted molar refractivity (Wildman–Crippen MR) is 106 cm³/mol. The van der Waals surface area contributed by atoms with Crippen LogP contribution in [-0.2, 0) is 22.3 Å². The van der Waals surface area contributed by atoms with Gasteiger partial charge < -0.3 is 0 Å². The van der Waals surface area contributed by atoms with Gasteiger partial charge in [0.25, 0.3) is 0 Å². The van der Waals surface area contributed by atoms with Crippen LogP contribution in [0.3, 0.4) is 0 Å². The zero-order valence-corrected chi connectivity index (χ0v) is 16.9. The largest absolute Gasteiger partial charge is 0.299 e. The van der Waals surface area contributed by atoms with Crippen LogP contribution in [0.5, 0.6) is 0 Å². The maximum absolute atomic E-state index is 13.9. The minimum absolute atomic E-state index is 0.142. The number of rotatable bonds is 7. The van der Waals surface area contributed by atoms with Gasteiger partial charge >= 0.3 is 0 Å². The monoisotopic (exact) mass is 410 g/mol. The van der Waals surface area contributed by atoms with Gasteiger partial charge in [-0.25, -0.2) is 17.1 Å². The lowest BCUT2D eigenvalue weighted by molar-refractivity contribution is 0.303. The Morgan fingerprint density at radius 1 is 1.22 bits per heavy atom. The van der Waals surface area contributed by atoms with E-state index in [2.05, 4.69) is 17.0 Å². The van der Waals surface area contributed by atoms with E-state index in [9.17, 15) is 12.8 Å². The summed E-state index contributed by atoms with van der Waals surface area (Å²) in [6.45, 7) is 3.15. The smallest absolute Gasteiger partial charge is 0.218 e. The van der Waals surface area contributed by atoms with Crippen molar-refractivity contribution < 1.29 is 12.8 Å². The quantitative estimate of drug-likeness (QED) is 0.697. The van der Waals surface area contributed by atoms with Gasteiger partial charge in [-0.15, -0.1) is 0 Å². The summed E-state index contributed by atoms with van der Waals surface area (Å²) >= 11 is 5.73. The Kier molecular flexibility index (Phi) is 6.52. The van der Waals surface area contributed by atoms with Crippen LogP contribution in [-0.4, -0.2) is 44.3 Å². The first-order valence-corrected chi connectivity index (χ1v) is 11.0. The molecule has 0 amide bonds. The van der Waals surface area contributed by atoms with Gasteiger partial charge in [0.15, 0.2) is 0 Å². The van der Waals surface area contributed by atoms with E-state index >= 15 is 0 Å². The molecule has 2 aromatic rings. The highest BCUT2D eigenvalue weighted by Crippen LogP contribution is 2.22. The third kappa shape index (κ3) is 5.51. The molecule has 27 heavy (non-hydrogen) atoms. The molecule has 2 aromatic carbocycles. The summed E-state index contributed by atoms with van der Waals surface area (Å²) < 4.78 is 40.5. The second kappa shape index (κ2) is 8.69. The van der Waals surface area contributed by atoms with Crippen molar-refractivity contribution >= 4 is 21.6 Å². The molecule has 4 nitrogen and oxygen atoms in total. The van der Waals surface area contributed by atoms with Crippen LogP contribution in [0.15, 0.2) is 48.5 Å². The van der Waals surface area contributed by atoms with Gasteiger partial charge in [0.1, 0.15) is 5.82 Å². The summed E-state index contributed by atoms with van der Waals surface area (Å²) in [5.74, 6) is -0.662. The summed E-state index contributed by atoms with van der Waals surface area (Å²) in [7, 11) is -2.01. The average molecular weight is 411 g/mol. The van der Waals surface area contributed by atoms with E-state index in [4.69, 9.17) is 11.6 Å². The van der Waals surface area contributed by atoms with Gasteiger partial charge in [-0.3, -0.25) is 4.90 Å². The molecule has 0 spiro atoms. The highest BCUT2D eigenvalue weighted by atomic mass is 35.5. The number of halogens is 2. The van der Waals surface area contributed by atoms with Crippen molar-refractivity contribution in [3.63, 3.8) is 0 Å². The molecule has 0 bridgehead atoms. The fraction of sp³-hybridized carbons (Fsp3) is 0.400. The lowest BCUT2D eigenvalue weighted by Gasteiger charge is -2.22. The molecule has 1 atom stereocenters. The number of hydrogen-bond donors (Lipinski definition) is 0. The molecule has 1 saturated heterocycles. The number of benzene rings is 2. The topological polar surface area (TPSA) is 40.6 Å². The van der Waals surface area contributed by atoms with Crippen LogP contribution < -0.4 is 0 Å². The van der Waals surface area contributed by atoms with E-state index in [0.717, 1.165) is 32.1 Å². The second-order valence-corrected chi connectivity index (χ2v) is 9.66. The van der Waals surface area contributed by atoms with Gasteiger partial charge in [0.2, 0.25) is 10.0 Å². The Morgan fingerprint density at radius 3 is 2.67 bits per heavy atom. The Morgan fingerprint density at radius 2 is 1.96 bits per heavy atom. The Labute approximate surface area is 165 Å². The first-order chi connectivity index (χ1) is 12.8. The molecular weight excluding hydrogens is 387 g/mol. The lowest BCUT2D eigenvalue weighted by atomic mass is 10.1. The summed E-state index contributed by atoms with van der Waals surface area (Å²) in [5.41, 5.74) is 1.40. The van der Waals surface area contributed by atoms with Crippen molar-refractivity contribution in [1.29, 1.82) is 0 Å². The first kappa shape index (κ1) is 20.3. The molecule has 1 heterocycles. The molecule has 0 aromatic heterocycles. The van der Waals surface area contributed by atoms with Crippen molar-refractivity contribution in [2.24, 2.45) is 5.92 Å². The molecule has 7 heteroatoms. The SMILES string of the molecule is CN(CC1CCN(Cc2ccccc2)C1)S(=O)(=O)Cc1ccc(Cl)cc1F. The highest BCUT2D eigenvalue weighted by molar-refractivity contribution is 7.88. The summed E-state index contributed by atoms with van der Waals surface area (Å²) in [6.07, 6.45) is 0.960. The Bertz CT molecular complexity index is 877. The third-order valence-electron chi connectivity index (χ3n) is 4.96. The zero-order valence-electron chi connectivity index (χ0n) is 15.3.